The molecule has 1 aliphatic rings. The predicted octanol–water partition coefficient (Wildman–Crippen LogP) is 3.75. The quantitative estimate of drug-likeness (QED) is 0.733. The Morgan fingerprint density at radius 1 is 0.950 bits per heavy atom. The third-order valence-corrected chi connectivity index (χ3v) is 7.21. The average Bonchev–Trinajstić information content (AvgIpc) is 2.25. The maximum absolute atomic E-state index is 12.8. The number of halogens is 2. The maximum Gasteiger partial charge on any atom is 0.245 e. The Bertz CT molecular complexity index is 559. The molecular formula is C13H18Br2N2O2S. The molecule has 0 spiro atoms. The summed E-state index contributed by atoms with van der Waals surface area (Å²) >= 11 is 6.64. The van der Waals surface area contributed by atoms with Crippen LogP contribution in [0.3, 0.4) is 0 Å². The molecule has 1 fully saturated rings. The minimum absolute atomic E-state index is 0.271. The Kier molecular flexibility index (Phi) is 5.50. The van der Waals surface area contributed by atoms with Crippen LogP contribution in [-0.2, 0) is 10.0 Å². The third kappa shape index (κ3) is 3.55. The Labute approximate surface area is 137 Å². The number of nitrogens with zero attached hydrogens (tertiary/aromatic N) is 1. The molecule has 0 unspecified atom stereocenters. The average molecular weight is 426 g/mol. The third-order valence-electron chi connectivity index (χ3n) is 3.43. The molecule has 112 valence electrons. The van der Waals surface area contributed by atoms with Crippen LogP contribution in [0.5, 0.6) is 0 Å². The summed E-state index contributed by atoms with van der Waals surface area (Å²) in [5.74, 6) is 0. The maximum atomic E-state index is 12.8. The summed E-state index contributed by atoms with van der Waals surface area (Å²) in [6, 6.07) is 3.25. The van der Waals surface area contributed by atoms with E-state index in [-0.39, 0.29) is 4.90 Å². The van der Waals surface area contributed by atoms with Crippen molar-refractivity contribution in [2.75, 3.05) is 18.8 Å². The van der Waals surface area contributed by atoms with E-state index in [0.29, 0.717) is 27.7 Å². The number of nitrogens with two attached hydrogens (primary N) is 1. The Morgan fingerprint density at radius 3 is 1.90 bits per heavy atom. The minimum Gasteiger partial charge on any atom is -0.399 e. The highest BCUT2D eigenvalue weighted by Crippen LogP contribution is 2.34. The normalized spacial score (nSPS) is 18.5. The van der Waals surface area contributed by atoms with Gasteiger partial charge in [-0.05, 0) is 56.8 Å². The summed E-state index contributed by atoms with van der Waals surface area (Å²) in [4.78, 5) is 0.271. The summed E-state index contributed by atoms with van der Waals surface area (Å²) in [5.41, 5.74) is 6.25. The van der Waals surface area contributed by atoms with Crippen LogP contribution in [0.1, 0.15) is 32.1 Å². The van der Waals surface area contributed by atoms with Gasteiger partial charge in [0.2, 0.25) is 10.0 Å². The lowest BCUT2D eigenvalue weighted by Gasteiger charge is -2.25. The van der Waals surface area contributed by atoms with Gasteiger partial charge in [-0.15, -0.1) is 0 Å². The molecule has 0 amide bonds. The smallest absolute Gasteiger partial charge is 0.245 e. The monoisotopic (exact) mass is 424 g/mol. The van der Waals surface area contributed by atoms with Gasteiger partial charge in [-0.2, -0.15) is 4.31 Å². The van der Waals surface area contributed by atoms with Crippen molar-refractivity contribution in [3.05, 3.63) is 21.1 Å². The SMILES string of the molecule is Nc1cc(Br)c(S(=O)(=O)N2CCCCCCC2)c(Br)c1. The lowest BCUT2D eigenvalue weighted by atomic mass is 10.1. The molecule has 20 heavy (non-hydrogen) atoms. The second-order valence-corrected chi connectivity index (χ2v) is 8.57. The minimum atomic E-state index is -3.50. The first kappa shape index (κ1) is 16.3. The van der Waals surface area contributed by atoms with E-state index in [2.05, 4.69) is 31.9 Å². The van der Waals surface area contributed by atoms with Gasteiger partial charge in [-0.1, -0.05) is 19.3 Å². The zero-order chi connectivity index (χ0) is 14.8. The molecule has 1 aromatic rings. The molecule has 2 rings (SSSR count). The molecule has 1 heterocycles. The number of benzene rings is 1. The van der Waals surface area contributed by atoms with Crippen LogP contribution in [0.25, 0.3) is 0 Å². The summed E-state index contributed by atoms with van der Waals surface area (Å²) in [5, 5.41) is 0. The van der Waals surface area contributed by atoms with Crippen LogP contribution in [0.4, 0.5) is 5.69 Å². The highest BCUT2D eigenvalue weighted by Gasteiger charge is 2.29. The number of rotatable bonds is 2. The number of nitrogen functional groups attached to an aromatic ring is 1. The topological polar surface area (TPSA) is 63.4 Å². The van der Waals surface area contributed by atoms with Crippen molar-refractivity contribution in [2.24, 2.45) is 0 Å². The zero-order valence-corrected chi connectivity index (χ0v) is 15.1. The first-order chi connectivity index (χ1) is 9.43. The van der Waals surface area contributed by atoms with Gasteiger partial charge < -0.3 is 5.73 Å². The van der Waals surface area contributed by atoms with Gasteiger partial charge in [0.05, 0.1) is 0 Å². The Hall–Kier alpha value is -0.110. The van der Waals surface area contributed by atoms with Crippen LogP contribution >= 0.6 is 31.9 Å². The number of sulfonamides is 1. The molecule has 2 N–H and O–H groups in total. The van der Waals surface area contributed by atoms with Crippen LogP contribution in [0.15, 0.2) is 26.0 Å². The molecule has 1 saturated heterocycles. The van der Waals surface area contributed by atoms with Crippen LogP contribution < -0.4 is 5.73 Å². The zero-order valence-electron chi connectivity index (χ0n) is 11.1. The first-order valence-electron chi connectivity index (χ1n) is 6.67. The Balaban J connectivity index is 2.38. The summed E-state index contributed by atoms with van der Waals surface area (Å²) < 4.78 is 28.3. The number of hydrogen-bond acceptors (Lipinski definition) is 3. The Morgan fingerprint density at radius 2 is 1.40 bits per heavy atom. The molecule has 1 aliphatic heterocycles. The second-order valence-electron chi connectivity index (χ2n) is 4.99. The number of anilines is 1. The lowest BCUT2D eigenvalue weighted by molar-refractivity contribution is 0.364. The fraction of sp³-hybridized carbons (Fsp3) is 0.538. The van der Waals surface area contributed by atoms with E-state index in [1.165, 1.54) is 6.42 Å². The van der Waals surface area contributed by atoms with Crippen molar-refractivity contribution in [1.82, 2.24) is 4.31 Å². The van der Waals surface area contributed by atoms with E-state index in [9.17, 15) is 8.42 Å². The van der Waals surface area contributed by atoms with E-state index < -0.39 is 10.0 Å². The van der Waals surface area contributed by atoms with Crippen molar-refractivity contribution in [3.8, 4) is 0 Å². The fourth-order valence-corrected chi connectivity index (χ4v) is 6.47. The van der Waals surface area contributed by atoms with E-state index in [1.807, 2.05) is 0 Å². The molecule has 0 aliphatic carbocycles. The largest absolute Gasteiger partial charge is 0.399 e. The molecule has 0 aromatic heterocycles. The van der Waals surface area contributed by atoms with E-state index in [1.54, 1.807) is 16.4 Å². The summed E-state index contributed by atoms with van der Waals surface area (Å²) in [7, 11) is -3.50. The fourth-order valence-electron chi connectivity index (χ4n) is 2.41. The van der Waals surface area contributed by atoms with Crippen molar-refractivity contribution >= 4 is 47.6 Å². The molecule has 0 atom stereocenters. The summed E-state index contributed by atoms with van der Waals surface area (Å²) in [6.07, 6.45) is 5.22. The molecular weight excluding hydrogens is 408 g/mol. The van der Waals surface area contributed by atoms with Gasteiger partial charge in [0, 0.05) is 27.7 Å². The van der Waals surface area contributed by atoms with E-state index in [4.69, 9.17) is 5.73 Å². The van der Waals surface area contributed by atoms with Crippen molar-refractivity contribution < 1.29 is 8.42 Å². The molecule has 0 radical (unpaired) electrons. The molecule has 0 bridgehead atoms. The van der Waals surface area contributed by atoms with Crippen LogP contribution in [0, 0.1) is 0 Å². The van der Waals surface area contributed by atoms with Crippen LogP contribution in [-0.4, -0.2) is 25.8 Å². The van der Waals surface area contributed by atoms with Gasteiger partial charge >= 0.3 is 0 Å². The molecule has 1 aromatic carbocycles. The van der Waals surface area contributed by atoms with Crippen molar-refractivity contribution in [1.29, 1.82) is 0 Å². The van der Waals surface area contributed by atoms with Gasteiger partial charge in [0.1, 0.15) is 4.90 Å². The second kappa shape index (κ2) is 6.77. The lowest BCUT2D eigenvalue weighted by Crippen LogP contribution is -2.34. The highest BCUT2D eigenvalue weighted by molar-refractivity contribution is 9.11. The summed E-state index contributed by atoms with van der Waals surface area (Å²) in [6.45, 7) is 1.18. The van der Waals surface area contributed by atoms with E-state index in [0.717, 1.165) is 25.7 Å². The van der Waals surface area contributed by atoms with Gasteiger partial charge in [0.15, 0.2) is 0 Å². The molecule has 7 heteroatoms. The molecule has 0 saturated carbocycles. The van der Waals surface area contributed by atoms with Crippen molar-refractivity contribution in [3.63, 3.8) is 0 Å². The predicted molar refractivity (Wildman–Crippen MR) is 88.1 cm³/mol. The van der Waals surface area contributed by atoms with Gasteiger partial charge in [-0.3, -0.25) is 0 Å². The van der Waals surface area contributed by atoms with Gasteiger partial charge in [-0.25, -0.2) is 8.42 Å². The van der Waals surface area contributed by atoms with Gasteiger partial charge in [0.25, 0.3) is 0 Å². The molecule has 4 nitrogen and oxygen atoms in total. The van der Waals surface area contributed by atoms with Crippen molar-refractivity contribution in [2.45, 2.75) is 37.0 Å². The highest BCUT2D eigenvalue weighted by atomic mass is 79.9. The number of hydrogen-bond donors (Lipinski definition) is 1. The standard InChI is InChI=1S/C13H18Br2N2O2S/c14-11-8-10(16)9-12(15)13(11)20(18,19)17-6-4-2-1-3-5-7-17/h8-9H,1-7,16H2. The first-order valence-corrected chi connectivity index (χ1v) is 9.70. The van der Waals surface area contributed by atoms with Crippen LogP contribution in [0.2, 0.25) is 0 Å². The van der Waals surface area contributed by atoms with E-state index >= 15 is 0 Å².